The molecule has 9 nitrogen and oxygen atoms in total. The van der Waals surface area contributed by atoms with Crippen molar-refractivity contribution in [1.29, 1.82) is 0 Å². The quantitative estimate of drug-likeness (QED) is 0.335. The van der Waals surface area contributed by atoms with Gasteiger partial charge in [0.25, 0.3) is 5.69 Å². The van der Waals surface area contributed by atoms with Crippen LogP contribution in [0.2, 0.25) is 11.1 Å². The zero-order valence-electron chi connectivity index (χ0n) is 18.4. The molecule has 1 rings (SSSR count). The summed E-state index contributed by atoms with van der Waals surface area (Å²) in [5, 5.41) is 14.3. The number of nitrogens with zero attached hydrogens (tertiary/aromatic N) is 1. The second-order valence-electron chi connectivity index (χ2n) is 7.39. The predicted molar refractivity (Wildman–Crippen MR) is 112 cm³/mol. The first kappa shape index (κ1) is 24.7. The molecular formula is C19H32N2O7Si. The van der Waals surface area contributed by atoms with Gasteiger partial charge in [0.05, 0.1) is 30.8 Å². The number of nitro groups is 1. The Hall–Kier alpha value is -2.33. The first-order valence-electron chi connectivity index (χ1n) is 9.43. The number of rotatable bonds is 10. The first-order valence-corrected chi connectivity index (χ1v) is 11.7. The molecule has 1 amide bonds. The summed E-state index contributed by atoms with van der Waals surface area (Å²) in [5.41, 5.74) is 0.577. The van der Waals surface area contributed by atoms with E-state index in [1.54, 1.807) is 14.0 Å². The van der Waals surface area contributed by atoms with Gasteiger partial charge < -0.3 is 24.0 Å². The first-order chi connectivity index (χ1) is 13.5. The van der Waals surface area contributed by atoms with Crippen molar-refractivity contribution in [3.05, 3.63) is 27.8 Å². The van der Waals surface area contributed by atoms with E-state index in [0.29, 0.717) is 11.9 Å². The minimum absolute atomic E-state index is 0.214. The highest BCUT2D eigenvalue weighted by Gasteiger charge is 2.41. The number of nitro benzene ring substituents is 1. The fourth-order valence-electron chi connectivity index (χ4n) is 3.46. The van der Waals surface area contributed by atoms with Crippen LogP contribution in [0, 0.1) is 10.1 Å². The van der Waals surface area contributed by atoms with E-state index in [1.165, 1.54) is 26.4 Å². The van der Waals surface area contributed by atoms with Gasteiger partial charge in [-0.15, -0.1) is 0 Å². The van der Waals surface area contributed by atoms with Crippen LogP contribution in [0.15, 0.2) is 12.1 Å². The minimum atomic E-state index is -2.23. The van der Waals surface area contributed by atoms with Crippen LogP contribution >= 0.6 is 0 Å². The van der Waals surface area contributed by atoms with Crippen molar-refractivity contribution in [2.45, 2.75) is 51.8 Å². The molecule has 0 bridgehead atoms. The molecule has 29 heavy (non-hydrogen) atoms. The second-order valence-corrected chi connectivity index (χ2v) is 12.4. The van der Waals surface area contributed by atoms with Gasteiger partial charge in [0.2, 0.25) is 8.32 Å². The lowest BCUT2D eigenvalue weighted by Gasteiger charge is -2.37. The van der Waals surface area contributed by atoms with Crippen molar-refractivity contribution >= 4 is 20.1 Å². The molecule has 0 aliphatic heterocycles. The van der Waals surface area contributed by atoms with E-state index in [-0.39, 0.29) is 28.1 Å². The van der Waals surface area contributed by atoms with Crippen molar-refractivity contribution < 1.29 is 28.4 Å². The lowest BCUT2D eigenvalue weighted by Crippen LogP contribution is -2.54. The van der Waals surface area contributed by atoms with Crippen LogP contribution in [0.5, 0.6) is 11.5 Å². The van der Waals surface area contributed by atoms with Gasteiger partial charge in [0.15, 0.2) is 11.5 Å². The van der Waals surface area contributed by atoms with Crippen LogP contribution in [-0.2, 0) is 9.16 Å². The van der Waals surface area contributed by atoms with Crippen LogP contribution < -0.4 is 14.8 Å². The van der Waals surface area contributed by atoms with Crippen molar-refractivity contribution in [2.75, 3.05) is 27.5 Å². The van der Waals surface area contributed by atoms with Gasteiger partial charge in [-0.2, -0.15) is 0 Å². The van der Waals surface area contributed by atoms with Crippen LogP contribution in [0.25, 0.3) is 0 Å². The Morgan fingerprint density at radius 3 is 2.00 bits per heavy atom. The molecule has 1 aromatic rings. The average Bonchev–Trinajstić information content (AvgIpc) is 2.66. The Morgan fingerprint density at radius 1 is 1.07 bits per heavy atom. The smallest absolute Gasteiger partial charge is 0.407 e. The molecule has 0 spiro atoms. The van der Waals surface area contributed by atoms with Gasteiger partial charge in [-0.05, 0) is 24.1 Å². The largest absolute Gasteiger partial charge is 0.493 e. The molecular weight excluding hydrogens is 396 g/mol. The number of hydrogen-bond donors (Lipinski definition) is 1. The summed E-state index contributed by atoms with van der Waals surface area (Å²) < 4.78 is 21.6. The summed E-state index contributed by atoms with van der Waals surface area (Å²) in [6.07, 6.45) is -1.14. The molecule has 0 saturated carbocycles. The standard InChI is InChI=1S/C19H32N2O7Si/c1-12(2)29(27-8,13(3)4)11-20-19(22)28-14(5)15-9-17(25-6)18(26-7)10-16(15)21(23)24/h9-10,12-14H,11H2,1-8H3,(H,20,22). The van der Waals surface area contributed by atoms with Gasteiger partial charge in [-0.3, -0.25) is 10.1 Å². The topological polar surface area (TPSA) is 109 Å². The van der Waals surface area contributed by atoms with E-state index < -0.39 is 25.4 Å². The fourth-order valence-corrected chi connectivity index (χ4v) is 7.12. The maximum absolute atomic E-state index is 12.4. The van der Waals surface area contributed by atoms with E-state index in [4.69, 9.17) is 18.6 Å². The van der Waals surface area contributed by atoms with Crippen LogP contribution in [0.4, 0.5) is 10.5 Å². The third kappa shape index (κ3) is 5.60. The molecule has 0 fully saturated rings. The Morgan fingerprint density at radius 2 is 1.59 bits per heavy atom. The van der Waals surface area contributed by atoms with Crippen molar-refractivity contribution in [2.24, 2.45) is 0 Å². The maximum atomic E-state index is 12.4. The zero-order valence-corrected chi connectivity index (χ0v) is 19.4. The summed E-state index contributed by atoms with van der Waals surface area (Å²) in [6, 6.07) is 2.71. The Labute approximate surface area is 172 Å². The molecule has 0 radical (unpaired) electrons. The zero-order chi connectivity index (χ0) is 22.4. The Bertz CT molecular complexity index is 717. The molecule has 10 heteroatoms. The van der Waals surface area contributed by atoms with Gasteiger partial charge in [-0.1, -0.05) is 27.7 Å². The summed E-state index contributed by atoms with van der Waals surface area (Å²) in [6.45, 7) is 9.90. The van der Waals surface area contributed by atoms with Crippen LogP contribution in [-0.4, -0.2) is 46.8 Å². The lowest BCUT2D eigenvalue weighted by atomic mass is 10.1. The Kier molecular flexibility index (Phi) is 8.90. The number of nitrogens with one attached hydrogen (secondary N) is 1. The number of methoxy groups -OCH3 is 2. The lowest BCUT2D eigenvalue weighted by molar-refractivity contribution is -0.386. The number of hydrogen-bond acceptors (Lipinski definition) is 7. The van der Waals surface area contributed by atoms with Crippen molar-refractivity contribution in [1.82, 2.24) is 5.32 Å². The van der Waals surface area contributed by atoms with E-state index in [9.17, 15) is 14.9 Å². The highest BCUT2D eigenvalue weighted by molar-refractivity contribution is 6.76. The monoisotopic (exact) mass is 428 g/mol. The highest BCUT2D eigenvalue weighted by Crippen LogP contribution is 2.38. The summed E-state index contributed by atoms with van der Waals surface area (Å²) >= 11 is 0. The van der Waals surface area contributed by atoms with E-state index >= 15 is 0 Å². The molecule has 0 saturated heterocycles. The number of carbonyl (C=O) groups excluding carboxylic acids is 1. The van der Waals surface area contributed by atoms with Gasteiger partial charge in [0, 0.05) is 13.3 Å². The molecule has 0 aromatic heterocycles. The average molecular weight is 429 g/mol. The number of amides is 1. The van der Waals surface area contributed by atoms with Gasteiger partial charge >= 0.3 is 6.09 Å². The number of benzene rings is 1. The predicted octanol–water partition coefficient (Wildman–Crippen LogP) is 4.35. The summed E-state index contributed by atoms with van der Waals surface area (Å²) in [4.78, 5) is 23.3. The van der Waals surface area contributed by atoms with Gasteiger partial charge in [0.1, 0.15) is 6.10 Å². The number of carbonyl (C=O) groups is 1. The molecule has 0 aliphatic carbocycles. The fraction of sp³-hybridized carbons (Fsp3) is 0.632. The molecule has 1 unspecified atom stereocenters. The molecule has 1 aromatic carbocycles. The number of alkyl carbamates (subject to hydrolysis) is 1. The Balaban J connectivity index is 3.02. The SMILES string of the molecule is COc1cc(C(C)OC(=O)NC[Si](OC)(C(C)C)C(C)C)c([N+](=O)[O-])cc1OC. The van der Waals surface area contributed by atoms with Crippen LogP contribution in [0.1, 0.15) is 46.3 Å². The number of ether oxygens (including phenoxy) is 3. The summed E-state index contributed by atoms with van der Waals surface area (Å²) in [7, 11) is 2.27. The molecule has 0 heterocycles. The maximum Gasteiger partial charge on any atom is 0.407 e. The minimum Gasteiger partial charge on any atom is -0.493 e. The summed E-state index contributed by atoms with van der Waals surface area (Å²) in [5.74, 6) is 0.540. The van der Waals surface area contributed by atoms with Crippen molar-refractivity contribution in [3.8, 4) is 11.5 Å². The third-order valence-corrected chi connectivity index (χ3v) is 10.7. The normalized spacial score (nSPS) is 12.6. The van der Waals surface area contributed by atoms with Crippen molar-refractivity contribution in [3.63, 3.8) is 0 Å². The van der Waals surface area contributed by atoms with Crippen LogP contribution in [0.3, 0.4) is 0 Å². The molecule has 164 valence electrons. The van der Waals surface area contributed by atoms with E-state index in [1.807, 2.05) is 0 Å². The third-order valence-electron chi connectivity index (χ3n) is 5.29. The second kappa shape index (κ2) is 10.4. The molecule has 1 atom stereocenters. The van der Waals surface area contributed by atoms with Gasteiger partial charge in [-0.25, -0.2) is 4.79 Å². The highest BCUT2D eigenvalue weighted by atomic mass is 28.4. The molecule has 1 N–H and O–H groups in total. The molecule has 0 aliphatic rings. The van der Waals surface area contributed by atoms with E-state index in [2.05, 4.69) is 33.0 Å². The van der Waals surface area contributed by atoms with E-state index in [0.717, 1.165) is 0 Å².